The second kappa shape index (κ2) is 9.32. The minimum Gasteiger partial charge on any atom is -0.455 e. The third kappa shape index (κ3) is 3.70. The summed E-state index contributed by atoms with van der Waals surface area (Å²) in [7, 11) is 0. The van der Waals surface area contributed by atoms with Gasteiger partial charge in [0.05, 0.1) is 11.1 Å². The van der Waals surface area contributed by atoms with Crippen molar-refractivity contribution >= 4 is 54.6 Å². The molecule has 42 heavy (non-hydrogen) atoms. The lowest BCUT2D eigenvalue weighted by atomic mass is 9.88. The quantitative estimate of drug-likeness (QED) is 0.221. The van der Waals surface area contributed by atoms with Crippen molar-refractivity contribution in [2.75, 3.05) is 0 Å². The number of hydrogen-bond acceptors (Lipinski definition) is 3. The summed E-state index contributed by atoms with van der Waals surface area (Å²) >= 11 is 0. The van der Waals surface area contributed by atoms with Crippen LogP contribution in [0.2, 0.25) is 0 Å². The van der Waals surface area contributed by atoms with Crippen molar-refractivity contribution < 1.29 is 8.83 Å². The van der Waals surface area contributed by atoms with Crippen molar-refractivity contribution in [2.24, 2.45) is 0 Å². The number of fused-ring (bicyclic) bond motifs is 8. The van der Waals surface area contributed by atoms with E-state index in [2.05, 4.69) is 94.4 Å². The van der Waals surface area contributed by atoms with E-state index in [1.54, 1.807) is 0 Å². The number of furan rings is 2. The van der Waals surface area contributed by atoms with Gasteiger partial charge in [-0.05, 0) is 75.7 Å². The van der Waals surface area contributed by atoms with Crippen LogP contribution in [0.5, 0.6) is 0 Å². The largest absolute Gasteiger partial charge is 0.455 e. The highest BCUT2D eigenvalue weighted by molar-refractivity contribution is 6.26. The van der Waals surface area contributed by atoms with Gasteiger partial charge in [-0.25, -0.2) is 0 Å². The number of rotatable bonds is 4. The standard InChI is InChI=1S/C39H31NO2/c1-22(2)26-14-15-27(23(3)4)31-21-36-33(20-30(26)31)37-38(42-36)29(19-32-28-12-8-9-13-35(28)41-39(32)37)25-16-17-40-34(18-25)24-10-6-5-7-11-24/h5-23H,1-4H3. The van der Waals surface area contributed by atoms with Gasteiger partial charge >= 0.3 is 0 Å². The van der Waals surface area contributed by atoms with Crippen molar-refractivity contribution in [3.8, 4) is 22.4 Å². The average molecular weight is 546 g/mol. The first-order valence-electron chi connectivity index (χ1n) is 14.8. The second-order valence-electron chi connectivity index (χ2n) is 11.9. The predicted octanol–water partition coefficient (Wildman–Crippen LogP) is 11.6. The van der Waals surface area contributed by atoms with E-state index in [1.165, 1.54) is 21.9 Å². The number of hydrogen-bond donors (Lipinski definition) is 0. The van der Waals surface area contributed by atoms with E-state index in [1.807, 2.05) is 36.5 Å². The van der Waals surface area contributed by atoms with Crippen LogP contribution in [-0.2, 0) is 0 Å². The maximum Gasteiger partial charge on any atom is 0.147 e. The molecule has 0 bridgehead atoms. The maximum atomic E-state index is 6.85. The zero-order valence-electron chi connectivity index (χ0n) is 24.2. The van der Waals surface area contributed by atoms with Gasteiger partial charge in [-0.1, -0.05) is 88.4 Å². The summed E-state index contributed by atoms with van der Waals surface area (Å²) in [6, 6.07) is 34.3. The Morgan fingerprint density at radius 3 is 1.98 bits per heavy atom. The van der Waals surface area contributed by atoms with E-state index in [4.69, 9.17) is 13.8 Å². The van der Waals surface area contributed by atoms with Gasteiger partial charge in [0.2, 0.25) is 0 Å². The molecule has 0 N–H and O–H groups in total. The molecule has 8 rings (SSSR count). The molecule has 0 unspecified atom stereocenters. The van der Waals surface area contributed by atoms with Crippen LogP contribution in [0.25, 0.3) is 77.0 Å². The van der Waals surface area contributed by atoms with E-state index in [0.717, 1.165) is 66.3 Å². The van der Waals surface area contributed by atoms with Crippen LogP contribution < -0.4 is 0 Å². The van der Waals surface area contributed by atoms with Gasteiger partial charge in [-0.3, -0.25) is 4.98 Å². The smallest absolute Gasteiger partial charge is 0.147 e. The van der Waals surface area contributed by atoms with Crippen molar-refractivity contribution in [1.29, 1.82) is 0 Å². The van der Waals surface area contributed by atoms with Gasteiger partial charge in [0, 0.05) is 33.5 Å². The summed E-state index contributed by atoms with van der Waals surface area (Å²) in [6.45, 7) is 9.06. The number of aromatic nitrogens is 1. The van der Waals surface area contributed by atoms with Crippen molar-refractivity contribution in [3.05, 3.63) is 114 Å². The lowest BCUT2D eigenvalue weighted by Crippen LogP contribution is -1.95. The molecule has 3 heterocycles. The van der Waals surface area contributed by atoms with Crippen molar-refractivity contribution in [3.63, 3.8) is 0 Å². The minimum absolute atomic E-state index is 0.402. The van der Waals surface area contributed by atoms with Crippen LogP contribution in [0.4, 0.5) is 0 Å². The molecule has 3 heteroatoms. The maximum absolute atomic E-state index is 6.85. The lowest BCUT2D eigenvalue weighted by molar-refractivity contribution is 0.663. The fourth-order valence-electron chi connectivity index (χ4n) is 6.59. The van der Waals surface area contributed by atoms with Crippen LogP contribution in [0.15, 0.2) is 112 Å². The summed E-state index contributed by atoms with van der Waals surface area (Å²) in [6.07, 6.45) is 1.89. The Morgan fingerprint density at radius 1 is 0.524 bits per heavy atom. The van der Waals surface area contributed by atoms with E-state index in [9.17, 15) is 0 Å². The Labute approximate surface area is 244 Å². The highest BCUT2D eigenvalue weighted by Crippen LogP contribution is 2.46. The van der Waals surface area contributed by atoms with Crippen LogP contribution in [0.3, 0.4) is 0 Å². The third-order valence-electron chi connectivity index (χ3n) is 8.67. The minimum atomic E-state index is 0.402. The van der Waals surface area contributed by atoms with Gasteiger partial charge in [-0.2, -0.15) is 0 Å². The molecule has 0 aliphatic heterocycles. The first-order valence-corrected chi connectivity index (χ1v) is 14.8. The monoisotopic (exact) mass is 545 g/mol. The van der Waals surface area contributed by atoms with Crippen molar-refractivity contribution in [1.82, 2.24) is 4.98 Å². The first-order chi connectivity index (χ1) is 20.5. The van der Waals surface area contributed by atoms with Crippen LogP contribution in [0, 0.1) is 0 Å². The number of benzene rings is 5. The molecule has 0 saturated heterocycles. The van der Waals surface area contributed by atoms with E-state index < -0.39 is 0 Å². The Morgan fingerprint density at radius 2 is 1.21 bits per heavy atom. The Balaban J connectivity index is 1.52. The molecule has 0 spiro atoms. The number of nitrogens with zero attached hydrogens (tertiary/aromatic N) is 1. The van der Waals surface area contributed by atoms with E-state index >= 15 is 0 Å². The fourth-order valence-corrected chi connectivity index (χ4v) is 6.59. The Hall–Kier alpha value is -4.89. The molecule has 0 atom stereocenters. The van der Waals surface area contributed by atoms with E-state index in [0.29, 0.717) is 11.8 Å². The molecule has 3 nitrogen and oxygen atoms in total. The molecule has 0 fully saturated rings. The summed E-state index contributed by atoms with van der Waals surface area (Å²) < 4.78 is 13.4. The summed E-state index contributed by atoms with van der Waals surface area (Å²) in [5.41, 5.74) is 10.3. The molecule has 0 aliphatic rings. The van der Waals surface area contributed by atoms with Gasteiger partial charge in [0.25, 0.3) is 0 Å². The SMILES string of the molecule is CC(C)c1ccc(C(C)C)c2cc3c(cc12)oc1c(-c2ccnc(-c4ccccc4)c2)cc2c4ccccc4oc2c13. The molecule has 5 aromatic carbocycles. The zero-order chi connectivity index (χ0) is 28.5. The topological polar surface area (TPSA) is 39.2 Å². The molecule has 0 amide bonds. The average Bonchev–Trinajstić information content (AvgIpc) is 3.57. The zero-order valence-corrected chi connectivity index (χ0v) is 24.2. The van der Waals surface area contributed by atoms with Crippen LogP contribution >= 0.6 is 0 Å². The predicted molar refractivity (Wildman–Crippen MR) is 175 cm³/mol. The molecule has 0 saturated carbocycles. The van der Waals surface area contributed by atoms with Crippen LogP contribution in [-0.4, -0.2) is 4.98 Å². The van der Waals surface area contributed by atoms with E-state index in [-0.39, 0.29) is 0 Å². The third-order valence-corrected chi connectivity index (χ3v) is 8.67. The van der Waals surface area contributed by atoms with Crippen molar-refractivity contribution in [2.45, 2.75) is 39.5 Å². The molecular formula is C39H31NO2. The first kappa shape index (κ1) is 24.9. The molecule has 8 aromatic rings. The molecule has 0 aliphatic carbocycles. The molecular weight excluding hydrogens is 514 g/mol. The van der Waals surface area contributed by atoms with Crippen LogP contribution in [0.1, 0.15) is 50.7 Å². The molecule has 0 radical (unpaired) electrons. The fraction of sp³-hybridized carbons (Fsp3) is 0.154. The lowest BCUT2D eigenvalue weighted by Gasteiger charge is -2.16. The van der Waals surface area contributed by atoms with Gasteiger partial charge in [0.1, 0.15) is 22.3 Å². The van der Waals surface area contributed by atoms with Gasteiger partial charge in [-0.15, -0.1) is 0 Å². The normalized spacial score (nSPS) is 12.2. The highest BCUT2D eigenvalue weighted by atomic mass is 16.3. The molecule has 204 valence electrons. The Bertz CT molecular complexity index is 2300. The Kier molecular flexibility index (Phi) is 5.52. The summed E-state index contributed by atoms with van der Waals surface area (Å²) in [5.74, 6) is 0.806. The summed E-state index contributed by atoms with van der Waals surface area (Å²) in [4.78, 5) is 4.70. The highest BCUT2D eigenvalue weighted by Gasteiger charge is 2.23. The number of pyridine rings is 1. The van der Waals surface area contributed by atoms with Gasteiger partial charge < -0.3 is 8.83 Å². The van der Waals surface area contributed by atoms with Gasteiger partial charge in [0.15, 0.2) is 0 Å². The molecule has 3 aromatic heterocycles. The summed E-state index contributed by atoms with van der Waals surface area (Å²) in [5, 5.41) is 6.86. The second-order valence-corrected chi connectivity index (χ2v) is 11.9. The number of para-hydroxylation sites is 1.